The van der Waals surface area contributed by atoms with Crippen LogP contribution in [-0.2, 0) is 22.0 Å². The lowest BCUT2D eigenvalue weighted by Crippen LogP contribution is -2.37. The van der Waals surface area contributed by atoms with Crippen molar-refractivity contribution in [2.45, 2.75) is 29.9 Å². The summed E-state index contributed by atoms with van der Waals surface area (Å²) < 4.78 is 38.7. The normalized spacial score (nSPS) is 15.0. The van der Waals surface area contributed by atoms with Gasteiger partial charge in [0, 0.05) is 23.3 Å². The van der Waals surface area contributed by atoms with Crippen LogP contribution in [-0.4, -0.2) is 39.5 Å². The molecule has 0 spiro atoms. The maximum atomic E-state index is 13.5. The van der Waals surface area contributed by atoms with Gasteiger partial charge in [-0.1, -0.05) is 25.1 Å². The van der Waals surface area contributed by atoms with E-state index >= 15 is 0 Å². The van der Waals surface area contributed by atoms with Gasteiger partial charge >= 0.3 is 0 Å². The number of aliphatic hydroxyl groups is 1. The third-order valence-electron chi connectivity index (χ3n) is 5.48. The molecule has 2 heterocycles. The van der Waals surface area contributed by atoms with Crippen molar-refractivity contribution in [1.82, 2.24) is 19.7 Å². The number of hydrogen-bond donors (Lipinski definition) is 1. The van der Waals surface area contributed by atoms with Crippen molar-refractivity contribution in [3.63, 3.8) is 0 Å². The fraction of sp³-hybridized carbons (Fsp3) is 0.227. The highest BCUT2D eigenvalue weighted by molar-refractivity contribution is 7.90. The van der Waals surface area contributed by atoms with Gasteiger partial charge in [-0.25, -0.2) is 22.5 Å². The predicted octanol–water partition coefficient (Wildman–Crippen LogP) is 3.06. The van der Waals surface area contributed by atoms with Crippen molar-refractivity contribution < 1.29 is 17.9 Å². The minimum Gasteiger partial charge on any atom is -0.383 e. The number of sulfone groups is 1. The van der Waals surface area contributed by atoms with E-state index in [-0.39, 0.29) is 11.4 Å². The Hall–Kier alpha value is -3.17. The van der Waals surface area contributed by atoms with E-state index in [1.54, 1.807) is 36.4 Å². The molecule has 0 bridgehead atoms. The summed E-state index contributed by atoms with van der Waals surface area (Å²) in [6.45, 7) is 1.92. The largest absolute Gasteiger partial charge is 0.383 e. The summed E-state index contributed by atoms with van der Waals surface area (Å²) in [4.78, 5) is 8.81. The molecule has 0 aliphatic rings. The molecule has 7 nitrogen and oxygen atoms in total. The van der Waals surface area contributed by atoms with E-state index in [9.17, 15) is 17.9 Å². The first-order chi connectivity index (χ1) is 14.7. The molecule has 0 aliphatic heterocycles. The van der Waals surface area contributed by atoms with Crippen LogP contribution in [0, 0.1) is 5.82 Å². The Kier molecular flexibility index (Phi) is 5.32. The molecular weight excluding hydrogens is 419 g/mol. The molecule has 0 amide bonds. The first-order valence-electron chi connectivity index (χ1n) is 9.58. The molecule has 9 heteroatoms. The zero-order valence-electron chi connectivity index (χ0n) is 17.0. The van der Waals surface area contributed by atoms with Gasteiger partial charge in [-0.3, -0.25) is 4.98 Å². The Labute approximate surface area is 179 Å². The number of fused-ring (bicyclic) bond motifs is 1. The molecule has 4 aromatic rings. The topological polar surface area (TPSA) is 98.0 Å². The number of nitrogens with zero attached hydrogens (tertiary/aromatic N) is 4. The molecule has 0 aliphatic carbocycles. The Balaban J connectivity index is 1.77. The molecule has 4 rings (SSSR count). The number of halogens is 1. The quantitative estimate of drug-likeness (QED) is 0.495. The highest BCUT2D eigenvalue weighted by atomic mass is 32.2. The van der Waals surface area contributed by atoms with Crippen LogP contribution < -0.4 is 0 Å². The molecule has 2 atom stereocenters. The highest BCUT2D eigenvalue weighted by Gasteiger charge is 2.38. The fourth-order valence-corrected chi connectivity index (χ4v) is 4.27. The van der Waals surface area contributed by atoms with Gasteiger partial charge < -0.3 is 5.11 Å². The zero-order chi connectivity index (χ0) is 22.2. The van der Waals surface area contributed by atoms with Gasteiger partial charge in [-0.15, -0.1) is 0 Å². The molecule has 2 unspecified atom stereocenters. The second kappa shape index (κ2) is 7.82. The Morgan fingerprint density at radius 2 is 1.87 bits per heavy atom. The number of hydrogen-bond acceptors (Lipinski definition) is 6. The van der Waals surface area contributed by atoms with E-state index in [4.69, 9.17) is 0 Å². The van der Waals surface area contributed by atoms with E-state index in [1.807, 2.05) is 6.92 Å². The van der Waals surface area contributed by atoms with E-state index < -0.39 is 27.2 Å². The lowest BCUT2D eigenvalue weighted by atomic mass is 9.80. The second-order valence-electron chi connectivity index (χ2n) is 7.61. The van der Waals surface area contributed by atoms with Crippen LogP contribution in [0.5, 0.6) is 0 Å². The van der Waals surface area contributed by atoms with E-state index in [2.05, 4.69) is 15.1 Å². The van der Waals surface area contributed by atoms with Crippen LogP contribution in [0.15, 0.2) is 72.1 Å². The van der Waals surface area contributed by atoms with Crippen LogP contribution in [0.25, 0.3) is 10.9 Å². The minimum atomic E-state index is -3.33. The molecule has 0 saturated carbocycles. The van der Waals surface area contributed by atoms with Crippen LogP contribution >= 0.6 is 0 Å². The molecule has 2 aromatic carbocycles. The third-order valence-corrected chi connectivity index (χ3v) is 6.59. The molecule has 0 radical (unpaired) electrons. The molecule has 31 heavy (non-hydrogen) atoms. The summed E-state index contributed by atoms with van der Waals surface area (Å²) in [5.74, 6) is -0.897. The molecule has 0 fully saturated rings. The van der Waals surface area contributed by atoms with Crippen molar-refractivity contribution in [2.75, 3.05) is 6.26 Å². The van der Waals surface area contributed by atoms with Crippen molar-refractivity contribution in [3.8, 4) is 0 Å². The summed E-state index contributed by atoms with van der Waals surface area (Å²) in [5.41, 5.74) is 0.283. The van der Waals surface area contributed by atoms with Crippen LogP contribution in [0.3, 0.4) is 0 Å². The monoisotopic (exact) mass is 440 g/mol. The average molecular weight is 441 g/mol. The first kappa shape index (κ1) is 21.1. The summed E-state index contributed by atoms with van der Waals surface area (Å²) in [5, 5.41) is 16.5. The molecule has 2 aromatic heterocycles. The molecular formula is C22H21FN4O3S. The van der Waals surface area contributed by atoms with Crippen molar-refractivity contribution in [1.29, 1.82) is 0 Å². The maximum absolute atomic E-state index is 13.5. The van der Waals surface area contributed by atoms with Gasteiger partial charge in [0.2, 0.25) is 0 Å². The first-order valence-corrected chi connectivity index (χ1v) is 11.5. The van der Waals surface area contributed by atoms with Gasteiger partial charge in [0.25, 0.3) is 0 Å². The van der Waals surface area contributed by atoms with Gasteiger partial charge in [0.15, 0.2) is 9.84 Å². The third kappa shape index (κ3) is 4.19. The maximum Gasteiger partial charge on any atom is 0.175 e. The van der Waals surface area contributed by atoms with E-state index in [1.165, 1.54) is 35.5 Å². The fourth-order valence-electron chi connectivity index (χ4n) is 3.61. The number of rotatable bonds is 6. The standard InChI is InChI=1S/C22H21FN4O3S/c1-15(20-9-3-16-11-19(31(2,29)30)8-10-21(16)26-20)22(28,12-27-14-24-13-25-27)17-4-6-18(23)7-5-17/h3-11,13-15,28H,12H2,1-2H3. The Morgan fingerprint density at radius 1 is 1.13 bits per heavy atom. The second-order valence-corrected chi connectivity index (χ2v) is 9.62. The Morgan fingerprint density at radius 3 is 2.52 bits per heavy atom. The summed E-state index contributed by atoms with van der Waals surface area (Å²) in [6.07, 6.45) is 4.04. The summed E-state index contributed by atoms with van der Waals surface area (Å²) in [6, 6.07) is 14.0. The number of pyridine rings is 1. The van der Waals surface area contributed by atoms with E-state index in [0.29, 0.717) is 22.2 Å². The SMILES string of the molecule is CC(c1ccc2cc(S(C)(=O)=O)ccc2n1)C(O)(Cn1cncn1)c1ccc(F)cc1. The van der Waals surface area contributed by atoms with E-state index in [0.717, 1.165) is 6.26 Å². The van der Waals surface area contributed by atoms with Crippen molar-refractivity contribution >= 4 is 20.7 Å². The highest BCUT2D eigenvalue weighted by Crippen LogP contribution is 2.38. The molecule has 0 saturated heterocycles. The van der Waals surface area contributed by atoms with Crippen molar-refractivity contribution in [2.24, 2.45) is 0 Å². The van der Waals surface area contributed by atoms with Gasteiger partial charge in [-0.2, -0.15) is 5.10 Å². The van der Waals surface area contributed by atoms with Gasteiger partial charge in [0.1, 0.15) is 24.1 Å². The minimum absolute atomic E-state index is 0.0898. The van der Waals surface area contributed by atoms with Gasteiger partial charge in [0.05, 0.1) is 17.0 Å². The van der Waals surface area contributed by atoms with Crippen molar-refractivity contribution in [3.05, 3.63) is 84.3 Å². The summed E-state index contributed by atoms with van der Waals surface area (Å²) in [7, 11) is -3.33. The molecule has 160 valence electrons. The smallest absolute Gasteiger partial charge is 0.175 e. The van der Waals surface area contributed by atoms with Crippen LogP contribution in [0.2, 0.25) is 0 Å². The van der Waals surface area contributed by atoms with Gasteiger partial charge in [-0.05, 0) is 42.0 Å². The predicted molar refractivity (Wildman–Crippen MR) is 114 cm³/mol. The lowest BCUT2D eigenvalue weighted by Gasteiger charge is -2.34. The van der Waals surface area contributed by atoms with Crippen LogP contribution in [0.4, 0.5) is 4.39 Å². The average Bonchev–Trinajstić information content (AvgIpc) is 3.25. The lowest BCUT2D eigenvalue weighted by molar-refractivity contribution is -0.00910. The molecule has 1 N–H and O–H groups in total. The number of benzene rings is 2. The zero-order valence-corrected chi connectivity index (χ0v) is 17.8. The summed E-state index contributed by atoms with van der Waals surface area (Å²) >= 11 is 0. The number of aromatic nitrogens is 4. The Bertz CT molecular complexity index is 1320. The van der Waals surface area contributed by atoms with Crippen LogP contribution in [0.1, 0.15) is 24.1 Å².